The Kier molecular flexibility index (Phi) is 5.90. The van der Waals surface area contributed by atoms with Crippen molar-refractivity contribution in [3.05, 3.63) is 34.9 Å². The second-order valence-corrected chi connectivity index (χ2v) is 5.18. The highest BCUT2D eigenvalue weighted by molar-refractivity contribution is 6.33. The quantitative estimate of drug-likeness (QED) is 0.804. The van der Waals surface area contributed by atoms with Crippen molar-refractivity contribution in [2.45, 2.75) is 20.3 Å². The molecule has 0 aliphatic carbocycles. The van der Waals surface area contributed by atoms with Crippen molar-refractivity contribution in [3.8, 4) is 0 Å². The molecule has 0 spiro atoms. The minimum atomic E-state index is -0.964. The van der Waals surface area contributed by atoms with Crippen LogP contribution in [0.5, 0.6) is 0 Å². The number of carboxylic acids is 1. The van der Waals surface area contributed by atoms with E-state index in [0.29, 0.717) is 10.9 Å². The van der Waals surface area contributed by atoms with Gasteiger partial charge in [-0.3, -0.25) is 0 Å². The molecule has 4 heteroatoms. The van der Waals surface area contributed by atoms with Gasteiger partial charge in [0.25, 0.3) is 0 Å². The van der Waals surface area contributed by atoms with Crippen LogP contribution in [-0.2, 0) is 4.79 Å². The first-order valence-electron chi connectivity index (χ1n) is 6.35. The summed E-state index contributed by atoms with van der Waals surface area (Å²) in [6.45, 7) is 5.31. The lowest BCUT2D eigenvalue weighted by molar-refractivity contribution is -0.131. The first kappa shape index (κ1) is 15.6. The van der Waals surface area contributed by atoms with Gasteiger partial charge >= 0.3 is 5.97 Å². The van der Waals surface area contributed by atoms with Gasteiger partial charge in [-0.05, 0) is 29.7 Å². The van der Waals surface area contributed by atoms with E-state index in [-0.39, 0.29) is 0 Å². The molecule has 1 atom stereocenters. The lowest BCUT2D eigenvalue weighted by Gasteiger charge is -2.24. The Morgan fingerprint density at radius 3 is 2.74 bits per heavy atom. The van der Waals surface area contributed by atoms with Gasteiger partial charge in [0.1, 0.15) is 0 Å². The van der Waals surface area contributed by atoms with Gasteiger partial charge in [0.05, 0.1) is 10.7 Å². The SMILES string of the molecule is CCC(C)CN(C)c1ccc(/C=C/C(=O)O)cc1Cl. The zero-order valence-electron chi connectivity index (χ0n) is 11.6. The van der Waals surface area contributed by atoms with E-state index in [0.717, 1.165) is 30.3 Å². The Hall–Kier alpha value is -1.48. The fraction of sp³-hybridized carbons (Fsp3) is 0.400. The minimum absolute atomic E-state index is 0.604. The van der Waals surface area contributed by atoms with E-state index < -0.39 is 5.97 Å². The van der Waals surface area contributed by atoms with Gasteiger partial charge in [0.2, 0.25) is 0 Å². The van der Waals surface area contributed by atoms with Crippen molar-refractivity contribution in [2.75, 3.05) is 18.5 Å². The summed E-state index contributed by atoms with van der Waals surface area (Å²) in [6.07, 6.45) is 3.77. The van der Waals surface area contributed by atoms with Crippen LogP contribution in [0.1, 0.15) is 25.8 Å². The van der Waals surface area contributed by atoms with Crippen LogP contribution < -0.4 is 4.90 Å². The summed E-state index contributed by atoms with van der Waals surface area (Å²) in [5, 5.41) is 9.22. The monoisotopic (exact) mass is 281 g/mol. The molecule has 1 aromatic carbocycles. The van der Waals surface area contributed by atoms with E-state index in [1.165, 1.54) is 6.08 Å². The van der Waals surface area contributed by atoms with Crippen LogP contribution in [0.15, 0.2) is 24.3 Å². The van der Waals surface area contributed by atoms with E-state index in [2.05, 4.69) is 18.7 Å². The Morgan fingerprint density at radius 2 is 2.21 bits per heavy atom. The van der Waals surface area contributed by atoms with E-state index >= 15 is 0 Å². The average Bonchev–Trinajstić information content (AvgIpc) is 2.35. The van der Waals surface area contributed by atoms with Crippen LogP contribution in [0.3, 0.4) is 0 Å². The molecule has 0 aliphatic heterocycles. The summed E-state index contributed by atoms with van der Waals surface area (Å²) in [6, 6.07) is 5.57. The summed E-state index contributed by atoms with van der Waals surface area (Å²) in [4.78, 5) is 12.6. The first-order chi connectivity index (χ1) is 8.93. The van der Waals surface area contributed by atoms with Crippen LogP contribution in [0, 0.1) is 5.92 Å². The molecule has 0 radical (unpaired) electrons. The van der Waals surface area contributed by atoms with Crippen LogP contribution >= 0.6 is 11.6 Å². The van der Waals surface area contributed by atoms with Gasteiger partial charge in [-0.1, -0.05) is 37.9 Å². The van der Waals surface area contributed by atoms with E-state index in [9.17, 15) is 4.79 Å². The van der Waals surface area contributed by atoms with Gasteiger partial charge in [-0.25, -0.2) is 4.79 Å². The number of carboxylic acid groups (broad SMARTS) is 1. The minimum Gasteiger partial charge on any atom is -0.478 e. The zero-order valence-corrected chi connectivity index (χ0v) is 12.3. The number of carbonyl (C=O) groups is 1. The average molecular weight is 282 g/mol. The third-order valence-corrected chi connectivity index (χ3v) is 3.39. The molecule has 0 saturated carbocycles. The van der Waals surface area contributed by atoms with Crippen LogP contribution in [0.4, 0.5) is 5.69 Å². The normalized spacial score (nSPS) is 12.6. The summed E-state index contributed by atoms with van der Waals surface area (Å²) < 4.78 is 0. The maximum absolute atomic E-state index is 10.5. The first-order valence-corrected chi connectivity index (χ1v) is 6.73. The van der Waals surface area contributed by atoms with Crippen molar-refractivity contribution in [3.63, 3.8) is 0 Å². The largest absolute Gasteiger partial charge is 0.478 e. The van der Waals surface area contributed by atoms with E-state index in [1.54, 1.807) is 6.07 Å². The number of anilines is 1. The molecule has 0 aliphatic rings. The smallest absolute Gasteiger partial charge is 0.328 e. The Morgan fingerprint density at radius 1 is 1.53 bits per heavy atom. The third kappa shape index (κ3) is 4.95. The summed E-state index contributed by atoms with van der Waals surface area (Å²) in [5.74, 6) is -0.360. The van der Waals surface area contributed by atoms with E-state index in [4.69, 9.17) is 16.7 Å². The zero-order chi connectivity index (χ0) is 14.4. The number of hydrogen-bond donors (Lipinski definition) is 1. The highest BCUT2D eigenvalue weighted by Crippen LogP contribution is 2.27. The molecule has 0 heterocycles. The number of nitrogens with zero attached hydrogens (tertiary/aromatic N) is 1. The molecular weight excluding hydrogens is 262 g/mol. The molecule has 19 heavy (non-hydrogen) atoms. The molecule has 0 amide bonds. The molecule has 3 nitrogen and oxygen atoms in total. The molecule has 1 rings (SSSR count). The Bertz CT molecular complexity index is 471. The van der Waals surface area contributed by atoms with Crippen molar-refractivity contribution >= 4 is 29.3 Å². The molecular formula is C15H20ClNO2. The Labute approximate surface area is 119 Å². The number of halogens is 1. The molecule has 104 valence electrons. The predicted octanol–water partition coefficient (Wildman–Crippen LogP) is 3.92. The number of benzene rings is 1. The summed E-state index contributed by atoms with van der Waals surface area (Å²) in [5.41, 5.74) is 1.75. The highest BCUT2D eigenvalue weighted by Gasteiger charge is 2.09. The Balaban J connectivity index is 2.85. The van der Waals surface area contributed by atoms with Crippen LogP contribution in [0.2, 0.25) is 5.02 Å². The van der Waals surface area contributed by atoms with Crippen molar-refractivity contribution in [2.24, 2.45) is 5.92 Å². The number of rotatable bonds is 6. The van der Waals surface area contributed by atoms with E-state index in [1.807, 2.05) is 19.2 Å². The fourth-order valence-electron chi connectivity index (χ4n) is 1.80. The van der Waals surface area contributed by atoms with Crippen LogP contribution in [0.25, 0.3) is 6.08 Å². The lowest BCUT2D eigenvalue weighted by Crippen LogP contribution is -2.23. The number of aliphatic carboxylic acids is 1. The molecule has 0 bridgehead atoms. The van der Waals surface area contributed by atoms with Crippen molar-refractivity contribution < 1.29 is 9.90 Å². The summed E-state index contributed by atoms with van der Waals surface area (Å²) in [7, 11) is 2.01. The van der Waals surface area contributed by atoms with Crippen LogP contribution in [-0.4, -0.2) is 24.7 Å². The second kappa shape index (κ2) is 7.19. The topological polar surface area (TPSA) is 40.5 Å². The molecule has 0 fully saturated rings. The predicted molar refractivity (Wildman–Crippen MR) is 80.8 cm³/mol. The molecule has 1 unspecified atom stereocenters. The molecule has 1 N–H and O–H groups in total. The molecule has 1 aromatic rings. The second-order valence-electron chi connectivity index (χ2n) is 4.78. The number of hydrogen-bond acceptors (Lipinski definition) is 2. The van der Waals surface area contributed by atoms with Gasteiger partial charge < -0.3 is 10.0 Å². The van der Waals surface area contributed by atoms with Crippen molar-refractivity contribution in [1.82, 2.24) is 0 Å². The fourth-order valence-corrected chi connectivity index (χ4v) is 2.13. The van der Waals surface area contributed by atoms with Crippen molar-refractivity contribution in [1.29, 1.82) is 0 Å². The third-order valence-electron chi connectivity index (χ3n) is 3.08. The summed E-state index contributed by atoms with van der Waals surface area (Å²) >= 11 is 6.24. The van der Waals surface area contributed by atoms with Gasteiger partial charge in [0, 0.05) is 19.7 Å². The molecule has 0 saturated heterocycles. The molecule has 0 aromatic heterocycles. The highest BCUT2D eigenvalue weighted by atomic mass is 35.5. The van der Waals surface area contributed by atoms with Gasteiger partial charge in [-0.2, -0.15) is 0 Å². The van der Waals surface area contributed by atoms with Gasteiger partial charge in [-0.15, -0.1) is 0 Å². The standard InChI is InChI=1S/C15H20ClNO2/c1-4-11(2)10-17(3)14-7-5-12(9-13(14)16)6-8-15(18)19/h5-9,11H,4,10H2,1-3H3,(H,18,19)/b8-6+. The maximum Gasteiger partial charge on any atom is 0.328 e. The lowest BCUT2D eigenvalue weighted by atomic mass is 10.1. The van der Waals surface area contributed by atoms with Gasteiger partial charge in [0.15, 0.2) is 0 Å². The maximum atomic E-state index is 10.5.